The third-order valence-corrected chi connectivity index (χ3v) is 5.12. The van der Waals surface area contributed by atoms with Crippen molar-refractivity contribution in [2.24, 2.45) is 5.73 Å². The molecule has 6 nitrogen and oxygen atoms in total. The number of carbonyl (C=O) groups is 2. The predicted molar refractivity (Wildman–Crippen MR) is 86.7 cm³/mol. The first-order chi connectivity index (χ1) is 11.0. The highest BCUT2D eigenvalue weighted by Crippen LogP contribution is 2.35. The minimum atomic E-state index is -0.679. The maximum atomic E-state index is 12.4. The van der Waals surface area contributed by atoms with Crippen LogP contribution in [0, 0.1) is 6.92 Å². The van der Waals surface area contributed by atoms with E-state index in [1.165, 1.54) is 17.0 Å². The molecule has 7 heteroatoms. The molecule has 122 valence electrons. The molecule has 1 unspecified atom stereocenters. The van der Waals surface area contributed by atoms with E-state index < -0.39 is 5.91 Å². The smallest absolute Gasteiger partial charge is 0.289 e. The van der Waals surface area contributed by atoms with Gasteiger partial charge in [-0.25, -0.2) is 4.98 Å². The van der Waals surface area contributed by atoms with Gasteiger partial charge in [-0.15, -0.1) is 11.3 Å². The highest BCUT2D eigenvalue weighted by molar-refractivity contribution is 7.11. The summed E-state index contributed by atoms with van der Waals surface area (Å²) < 4.78 is 5.21. The maximum Gasteiger partial charge on any atom is 0.289 e. The third kappa shape index (κ3) is 3.14. The number of aryl methyl sites for hydroxylation is 2. The lowest BCUT2D eigenvalue weighted by Gasteiger charge is -2.26. The Hall–Kier alpha value is -2.15. The summed E-state index contributed by atoms with van der Waals surface area (Å²) in [5, 5.41) is 1.08. The molecule has 3 rings (SSSR count). The van der Waals surface area contributed by atoms with E-state index >= 15 is 0 Å². The summed E-state index contributed by atoms with van der Waals surface area (Å²) in [5.74, 6) is -0.551. The van der Waals surface area contributed by atoms with Gasteiger partial charge < -0.3 is 15.1 Å². The van der Waals surface area contributed by atoms with Crippen LogP contribution in [0.25, 0.3) is 0 Å². The normalized spacial score (nSPS) is 16.9. The molecule has 0 aliphatic heterocycles. The third-order valence-electron chi connectivity index (χ3n) is 4.08. The zero-order valence-corrected chi connectivity index (χ0v) is 14.0. The molecule has 2 aromatic heterocycles. The highest BCUT2D eigenvalue weighted by Gasteiger charge is 2.27. The topological polar surface area (TPSA) is 89.4 Å². The van der Waals surface area contributed by atoms with E-state index in [1.807, 2.05) is 6.92 Å². The van der Waals surface area contributed by atoms with E-state index in [1.54, 1.807) is 23.3 Å². The number of hydrogen-bond donors (Lipinski definition) is 1. The standard InChI is InChI=1S/C16H19N3O3S/c1-9-18-14-10(4-3-5-13(14)23-9)8-19(2)16(21)12-7-6-11(22-12)15(17)20/h6-7,10H,3-5,8H2,1-2H3,(H2,17,20). The molecule has 23 heavy (non-hydrogen) atoms. The monoisotopic (exact) mass is 333 g/mol. The Labute approximate surface area is 138 Å². The van der Waals surface area contributed by atoms with Crippen LogP contribution in [0.5, 0.6) is 0 Å². The summed E-state index contributed by atoms with van der Waals surface area (Å²) in [6.07, 6.45) is 3.22. The van der Waals surface area contributed by atoms with Crippen LogP contribution >= 0.6 is 11.3 Å². The first kappa shape index (κ1) is 15.7. The number of nitrogens with zero attached hydrogens (tertiary/aromatic N) is 2. The van der Waals surface area contributed by atoms with E-state index in [4.69, 9.17) is 10.2 Å². The molecule has 0 bridgehead atoms. The molecule has 2 N–H and O–H groups in total. The van der Waals surface area contributed by atoms with Gasteiger partial charge in [0.15, 0.2) is 11.5 Å². The molecule has 0 saturated heterocycles. The number of fused-ring (bicyclic) bond motifs is 1. The quantitative estimate of drug-likeness (QED) is 0.930. The molecular formula is C16H19N3O3S. The second kappa shape index (κ2) is 6.16. The Morgan fingerprint density at radius 3 is 2.87 bits per heavy atom. The van der Waals surface area contributed by atoms with Gasteiger partial charge in [-0.2, -0.15) is 0 Å². The van der Waals surface area contributed by atoms with Crippen LogP contribution in [0.3, 0.4) is 0 Å². The van der Waals surface area contributed by atoms with Crippen LogP contribution in [0.4, 0.5) is 0 Å². The van der Waals surface area contributed by atoms with Crippen LogP contribution in [0.15, 0.2) is 16.5 Å². The summed E-state index contributed by atoms with van der Waals surface area (Å²) in [7, 11) is 1.74. The molecule has 1 atom stereocenters. The van der Waals surface area contributed by atoms with Crippen molar-refractivity contribution >= 4 is 23.2 Å². The summed E-state index contributed by atoms with van der Waals surface area (Å²) >= 11 is 1.75. The molecule has 0 saturated carbocycles. The van der Waals surface area contributed by atoms with Gasteiger partial charge in [0.2, 0.25) is 0 Å². The van der Waals surface area contributed by atoms with E-state index in [9.17, 15) is 9.59 Å². The number of likely N-dealkylation sites (N-methyl/N-ethyl adjacent to an activating group) is 1. The second-order valence-corrected chi connectivity index (χ2v) is 7.13. The maximum absolute atomic E-state index is 12.4. The van der Waals surface area contributed by atoms with Gasteiger partial charge in [0, 0.05) is 24.4 Å². The van der Waals surface area contributed by atoms with Gasteiger partial charge in [-0.05, 0) is 38.3 Å². The minimum Gasteiger partial charge on any atom is -0.446 e. The summed E-state index contributed by atoms with van der Waals surface area (Å²) in [4.78, 5) is 31.1. The zero-order valence-electron chi connectivity index (χ0n) is 13.2. The number of rotatable bonds is 4. The lowest BCUT2D eigenvalue weighted by Crippen LogP contribution is -2.32. The fourth-order valence-corrected chi connectivity index (χ4v) is 4.06. The van der Waals surface area contributed by atoms with Gasteiger partial charge in [-0.3, -0.25) is 9.59 Å². The van der Waals surface area contributed by atoms with Crippen LogP contribution < -0.4 is 5.73 Å². The van der Waals surface area contributed by atoms with Crippen molar-refractivity contribution in [1.82, 2.24) is 9.88 Å². The highest BCUT2D eigenvalue weighted by atomic mass is 32.1. The molecule has 1 aliphatic carbocycles. The van der Waals surface area contributed by atoms with Crippen molar-refractivity contribution in [2.75, 3.05) is 13.6 Å². The van der Waals surface area contributed by atoms with Gasteiger partial charge in [0.05, 0.1) is 10.7 Å². The van der Waals surface area contributed by atoms with Gasteiger partial charge in [0.25, 0.3) is 11.8 Å². The Morgan fingerprint density at radius 1 is 1.43 bits per heavy atom. The Bertz CT molecular complexity index is 750. The molecule has 0 spiro atoms. The van der Waals surface area contributed by atoms with E-state index in [0.29, 0.717) is 6.54 Å². The molecule has 2 heterocycles. The van der Waals surface area contributed by atoms with Crippen molar-refractivity contribution < 1.29 is 14.0 Å². The number of nitrogens with two attached hydrogens (primary N) is 1. The molecule has 2 aromatic rings. The van der Waals surface area contributed by atoms with E-state index in [2.05, 4.69) is 4.98 Å². The van der Waals surface area contributed by atoms with Gasteiger partial charge in [-0.1, -0.05) is 0 Å². The Morgan fingerprint density at radius 2 is 2.17 bits per heavy atom. The summed E-state index contributed by atoms with van der Waals surface area (Å²) in [5.41, 5.74) is 6.28. The molecule has 0 fully saturated rings. The lowest BCUT2D eigenvalue weighted by molar-refractivity contribution is 0.0748. The number of amides is 2. The summed E-state index contributed by atoms with van der Waals surface area (Å²) in [6, 6.07) is 2.91. The Balaban J connectivity index is 1.72. The number of furan rings is 1. The first-order valence-electron chi connectivity index (χ1n) is 7.57. The van der Waals surface area contributed by atoms with Gasteiger partial charge in [0.1, 0.15) is 0 Å². The summed E-state index contributed by atoms with van der Waals surface area (Å²) in [6.45, 7) is 2.60. The predicted octanol–water partition coefficient (Wildman–Crippen LogP) is 2.34. The van der Waals surface area contributed by atoms with Gasteiger partial charge >= 0.3 is 0 Å². The molecule has 0 aromatic carbocycles. The average molecular weight is 333 g/mol. The average Bonchev–Trinajstić information content (AvgIpc) is 3.12. The number of hydrogen-bond acceptors (Lipinski definition) is 5. The largest absolute Gasteiger partial charge is 0.446 e. The molecule has 0 radical (unpaired) electrons. The van der Waals surface area contributed by atoms with E-state index in [-0.39, 0.29) is 23.3 Å². The Kier molecular flexibility index (Phi) is 4.21. The minimum absolute atomic E-state index is 0.00294. The van der Waals surface area contributed by atoms with Crippen molar-refractivity contribution in [2.45, 2.75) is 32.1 Å². The number of aromatic nitrogens is 1. The molecular weight excluding hydrogens is 314 g/mol. The number of thiazole rings is 1. The molecule has 2 amide bonds. The SMILES string of the molecule is Cc1nc2c(s1)CCCC2CN(C)C(=O)c1ccc(C(N)=O)o1. The fraction of sp³-hybridized carbons (Fsp3) is 0.438. The van der Waals surface area contributed by atoms with Crippen LogP contribution in [-0.4, -0.2) is 35.3 Å². The van der Waals surface area contributed by atoms with Crippen molar-refractivity contribution in [3.8, 4) is 0 Å². The molecule has 1 aliphatic rings. The fourth-order valence-electron chi connectivity index (χ4n) is 2.99. The van der Waals surface area contributed by atoms with E-state index in [0.717, 1.165) is 30.0 Å². The van der Waals surface area contributed by atoms with Crippen LogP contribution in [0.2, 0.25) is 0 Å². The zero-order chi connectivity index (χ0) is 16.6. The second-order valence-electron chi connectivity index (χ2n) is 5.84. The lowest BCUT2D eigenvalue weighted by atomic mass is 9.90. The van der Waals surface area contributed by atoms with Crippen molar-refractivity contribution in [3.05, 3.63) is 39.2 Å². The first-order valence-corrected chi connectivity index (χ1v) is 8.38. The van der Waals surface area contributed by atoms with Crippen LogP contribution in [0.1, 0.15) is 55.4 Å². The number of primary amides is 1. The van der Waals surface area contributed by atoms with Crippen molar-refractivity contribution in [1.29, 1.82) is 0 Å². The van der Waals surface area contributed by atoms with Crippen molar-refractivity contribution in [3.63, 3.8) is 0 Å². The van der Waals surface area contributed by atoms with Crippen LogP contribution in [-0.2, 0) is 6.42 Å². The number of carbonyl (C=O) groups excluding carboxylic acids is 2.